The molecule has 0 N–H and O–H groups in total. The largest absolute Gasteiger partial charge is 0.461 e. The Morgan fingerprint density at radius 3 is 2.62 bits per heavy atom. The van der Waals surface area contributed by atoms with E-state index in [0.29, 0.717) is 0 Å². The van der Waals surface area contributed by atoms with Gasteiger partial charge in [0.1, 0.15) is 10.6 Å². The van der Waals surface area contributed by atoms with Crippen LogP contribution < -0.4 is 10.2 Å². The number of halogens is 1. The third-order valence-corrected chi connectivity index (χ3v) is 4.39. The predicted molar refractivity (Wildman–Crippen MR) is 103 cm³/mol. The van der Waals surface area contributed by atoms with E-state index in [4.69, 9.17) is 25.2 Å². The topological polar surface area (TPSA) is 113 Å². The molecule has 4 aromatic rings. The summed E-state index contributed by atoms with van der Waals surface area (Å²) in [5.41, 5.74) is -0.919. The van der Waals surface area contributed by atoms with Gasteiger partial charge in [-0.2, -0.15) is 0 Å². The molecule has 144 valence electrons. The van der Waals surface area contributed by atoms with Crippen LogP contribution in [-0.2, 0) is 0 Å². The van der Waals surface area contributed by atoms with Gasteiger partial charge in [0.2, 0.25) is 16.9 Å². The van der Waals surface area contributed by atoms with Crippen molar-refractivity contribution in [2.24, 2.45) is 0 Å². The Morgan fingerprint density at radius 2 is 1.90 bits per heavy atom. The van der Waals surface area contributed by atoms with Crippen LogP contribution in [-0.4, -0.2) is 10.9 Å². The minimum Gasteiger partial charge on any atom is -0.461 e. The predicted octanol–water partition coefficient (Wildman–Crippen LogP) is 4.83. The summed E-state index contributed by atoms with van der Waals surface area (Å²) < 4.78 is 16.3. The van der Waals surface area contributed by atoms with Gasteiger partial charge >= 0.3 is 5.97 Å². The van der Waals surface area contributed by atoms with Gasteiger partial charge in [0, 0.05) is 6.07 Å². The first-order valence-electron chi connectivity index (χ1n) is 8.21. The van der Waals surface area contributed by atoms with Gasteiger partial charge in [0.15, 0.2) is 5.76 Å². The minimum absolute atomic E-state index is 0.0736. The molecule has 0 amide bonds. The second kappa shape index (κ2) is 7.25. The number of fused-ring (bicyclic) bond motifs is 1. The highest BCUT2D eigenvalue weighted by molar-refractivity contribution is 6.32. The van der Waals surface area contributed by atoms with Crippen molar-refractivity contribution in [2.75, 3.05) is 0 Å². The van der Waals surface area contributed by atoms with Crippen molar-refractivity contribution < 1.29 is 23.3 Å². The molecule has 29 heavy (non-hydrogen) atoms. The summed E-state index contributed by atoms with van der Waals surface area (Å²) >= 11 is 5.77. The molecule has 2 heterocycles. The van der Waals surface area contributed by atoms with E-state index in [1.807, 2.05) is 0 Å². The first-order valence-corrected chi connectivity index (χ1v) is 8.59. The third kappa shape index (κ3) is 3.37. The summed E-state index contributed by atoms with van der Waals surface area (Å²) in [6.45, 7) is 0. The summed E-state index contributed by atoms with van der Waals surface area (Å²) in [5, 5.41) is 11.1. The van der Waals surface area contributed by atoms with Gasteiger partial charge in [0.05, 0.1) is 22.1 Å². The molecule has 0 aliphatic rings. The summed E-state index contributed by atoms with van der Waals surface area (Å²) in [6.07, 6.45) is 1.37. The van der Waals surface area contributed by atoms with Crippen LogP contribution in [0.1, 0.15) is 10.4 Å². The van der Waals surface area contributed by atoms with Crippen molar-refractivity contribution in [2.45, 2.75) is 0 Å². The minimum atomic E-state index is -0.986. The first kappa shape index (κ1) is 18.5. The van der Waals surface area contributed by atoms with E-state index in [1.54, 1.807) is 24.3 Å². The van der Waals surface area contributed by atoms with Crippen molar-refractivity contribution >= 4 is 34.2 Å². The number of ether oxygens (including phenoxy) is 1. The number of esters is 1. The molecular formula is C20H10ClNO7. The molecule has 0 aliphatic carbocycles. The molecule has 0 aliphatic heterocycles. The second-order valence-electron chi connectivity index (χ2n) is 5.88. The highest BCUT2D eigenvalue weighted by Crippen LogP contribution is 2.32. The molecule has 0 spiro atoms. The van der Waals surface area contributed by atoms with E-state index < -0.39 is 22.0 Å². The van der Waals surface area contributed by atoms with Crippen molar-refractivity contribution in [1.29, 1.82) is 0 Å². The number of benzene rings is 2. The third-order valence-electron chi connectivity index (χ3n) is 4.07. The number of carbonyl (C=O) groups is 1. The van der Waals surface area contributed by atoms with E-state index in [1.165, 1.54) is 30.5 Å². The van der Waals surface area contributed by atoms with Gasteiger partial charge in [-0.25, -0.2) is 4.79 Å². The van der Waals surface area contributed by atoms with E-state index >= 15 is 0 Å². The van der Waals surface area contributed by atoms with Crippen molar-refractivity contribution in [3.05, 3.63) is 91.8 Å². The summed E-state index contributed by atoms with van der Waals surface area (Å²) in [4.78, 5) is 35.9. The summed E-state index contributed by atoms with van der Waals surface area (Å²) in [7, 11) is 0. The van der Waals surface area contributed by atoms with Gasteiger partial charge in [-0.15, -0.1) is 0 Å². The summed E-state index contributed by atoms with van der Waals surface area (Å²) in [6, 6.07) is 13.0. The number of para-hydroxylation sites is 1. The zero-order chi connectivity index (χ0) is 20.5. The molecule has 0 unspecified atom stereocenters. The standard InChI is InChI=1S/C20H10ClNO7/c21-13-8-7-11(10-14(13)22(25)26)20(24)29-19-17(23)12-4-1-2-5-15(12)28-18(19)16-6-3-9-27-16/h1-10H. The Kier molecular flexibility index (Phi) is 4.61. The normalized spacial score (nSPS) is 10.8. The lowest BCUT2D eigenvalue weighted by molar-refractivity contribution is -0.384. The van der Waals surface area contributed by atoms with E-state index in [9.17, 15) is 19.7 Å². The van der Waals surface area contributed by atoms with Crippen LogP contribution in [0.25, 0.3) is 22.5 Å². The first-order chi connectivity index (χ1) is 14.0. The second-order valence-corrected chi connectivity index (χ2v) is 6.28. The molecule has 0 bridgehead atoms. The fourth-order valence-corrected chi connectivity index (χ4v) is 2.91. The average molecular weight is 412 g/mol. The Labute approximate surface area is 167 Å². The number of hydrogen-bond donors (Lipinski definition) is 0. The number of nitrogens with zero attached hydrogens (tertiary/aromatic N) is 1. The highest BCUT2D eigenvalue weighted by atomic mass is 35.5. The summed E-state index contributed by atoms with van der Waals surface area (Å²) in [5.74, 6) is -1.27. The maximum absolute atomic E-state index is 12.9. The van der Waals surface area contributed by atoms with Gasteiger partial charge in [-0.3, -0.25) is 14.9 Å². The van der Waals surface area contributed by atoms with Gasteiger partial charge in [0.25, 0.3) is 5.69 Å². The monoisotopic (exact) mass is 411 g/mol. The number of hydrogen-bond acceptors (Lipinski definition) is 7. The molecule has 0 radical (unpaired) electrons. The molecule has 2 aromatic heterocycles. The molecule has 2 aromatic carbocycles. The average Bonchev–Trinajstić information content (AvgIpc) is 3.24. The van der Waals surface area contributed by atoms with Gasteiger partial charge in [-0.05, 0) is 36.4 Å². The van der Waals surface area contributed by atoms with Crippen molar-refractivity contribution in [1.82, 2.24) is 0 Å². The van der Waals surface area contributed by atoms with E-state index in [0.717, 1.165) is 6.07 Å². The molecule has 8 nitrogen and oxygen atoms in total. The zero-order valence-corrected chi connectivity index (χ0v) is 15.2. The lowest BCUT2D eigenvalue weighted by Gasteiger charge is -2.09. The number of nitro benzene ring substituents is 1. The number of rotatable bonds is 4. The molecular weight excluding hydrogens is 402 g/mol. The fraction of sp³-hybridized carbons (Fsp3) is 0. The Hall–Kier alpha value is -3.91. The van der Waals surface area contributed by atoms with Crippen LogP contribution in [0.15, 0.2) is 74.5 Å². The number of carbonyl (C=O) groups excluding carboxylic acids is 1. The van der Waals surface area contributed by atoms with Crippen LogP contribution in [0.3, 0.4) is 0 Å². The van der Waals surface area contributed by atoms with E-state index in [2.05, 4.69) is 0 Å². The number of furan rings is 1. The molecule has 0 saturated carbocycles. The maximum atomic E-state index is 12.9. The zero-order valence-electron chi connectivity index (χ0n) is 14.5. The fourth-order valence-electron chi connectivity index (χ4n) is 2.72. The van der Waals surface area contributed by atoms with Gasteiger partial charge in [-0.1, -0.05) is 23.7 Å². The molecule has 0 fully saturated rings. The van der Waals surface area contributed by atoms with Crippen LogP contribution in [0.2, 0.25) is 5.02 Å². The Morgan fingerprint density at radius 1 is 1.10 bits per heavy atom. The SMILES string of the molecule is O=C(Oc1c(-c2ccco2)oc2ccccc2c1=O)c1ccc(Cl)c([N+](=O)[O-])c1. The van der Waals surface area contributed by atoms with Crippen LogP contribution >= 0.6 is 11.6 Å². The Balaban J connectivity index is 1.84. The van der Waals surface area contributed by atoms with Crippen LogP contribution in [0.4, 0.5) is 5.69 Å². The van der Waals surface area contributed by atoms with Crippen LogP contribution in [0.5, 0.6) is 5.75 Å². The van der Waals surface area contributed by atoms with Crippen LogP contribution in [0, 0.1) is 10.1 Å². The number of nitro groups is 1. The Bertz CT molecular complexity index is 1310. The smallest absolute Gasteiger partial charge is 0.344 e. The van der Waals surface area contributed by atoms with Crippen molar-refractivity contribution in [3.8, 4) is 17.3 Å². The van der Waals surface area contributed by atoms with E-state index in [-0.39, 0.29) is 38.8 Å². The lowest BCUT2D eigenvalue weighted by atomic mass is 10.2. The molecule has 0 saturated heterocycles. The highest BCUT2D eigenvalue weighted by Gasteiger charge is 2.24. The maximum Gasteiger partial charge on any atom is 0.344 e. The molecule has 0 atom stereocenters. The molecule has 4 rings (SSSR count). The quantitative estimate of drug-likeness (QED) is 0.268. The van der Waals surface area contributed by atoms with Crippen molar-refractivity contribution in [3.63, 3.8) is 0 Å². The molecule has 9 heteroatoms. The van der Waals surface area contributed by atoms with Gasteiger partial charge < -0.3 is 13.6 Å². The lowest BCUT2D eigenvalue weighted by Crippen LogP contribution is -2.16.